The standard InChI is InChI=1S/C17H21NO/c1-2-10-18(12-14-9-11-19-13-14)17-8-7-15-5-3-4-6-16(15)17/h1,3-6,14,17H,7-13H2. The van der Waals surface area contributed by atoms with E-state index in [1.54, 1.807) is 0 Å². The van der Waals surface area contributed by atoms with Crippen LogP contribution in [0.5, 0.6) is 0 Å². The van der Waals surface area contributed by atoms with Gasteiger partial charge in [0.05, 0.1) is 13.2 Å². The second-order valence-corrected chi connectivity index (χ2v) is 5.62. The molecule has 2 heteroatoms. The molecule has 19 heavy (non-hydrogen) atoms. The van der Waals surface area contributed by atoms with Gasteiger partial charge in [-0.05, 0) is 36.3 Å². The molecule has 2 nitrogen and oxygen atoms in total. The number of rotatable bonds is 4. The first kappa shape index (κ1) is 12.7. The van der Waals surface area contributed by atoms with Crippen LogP contribution in [0.3, 0.4) is 0 Å². The van der Waals surface area contributed by atoms with E-state index in [0.29, 0.717) is 12.0 Å². The normalized spacial score (nSPS) is 25.5. The predicted octanol–water partition coefficient (Wildman–Crippen LogP) is 2.65. The first-order chi connectivity index (χ1) is 9.38. The zero-order valence-corrected chi connectivity index (χ0v) is 11.3. The molecule has 3 rings (SSSR count). The third-order valence-electron chi connectivity index (χ3n) is 4.35. The summed E-state index contributed by atoms with van der Waals surface area (Å²) in [6, 6.07) is 9.30. The highest BCUT2D eigenvalue weighted by Gasteiger charge is 2.29. The van der Waals surface area contributed by atoms with Gasteiger partial charge in [0.1, 0.15) is 0 Å². The van der Waals surface area contributed by atoms with Crippen molar-refractivity contribution in [2.45, 2.75) is 25.3 Å². The summed E-state index contributed by atoms with van der Waals surface area (Å²) in [6.45, 7) is 3.63. The fraction of sp³-hybridized carbons (Fsp3) is 0.529. The Bertz CT molecular complexity index is 470. The summed E-state index contributed by atoms with van der Waals surface area (Å²) in [4.78, 5) is 2.48. The first-order valence-electron chi connectivity index (χ1n) is 7.21. The van der Waals surface area contributed by atoms with Gasteiger partial charge in [0.2, 0.25) is 0 Å². The molecule has 2 unspecified atom stereocenters. The zero-order chi connectivity index (χ0) is 13.1. The number of hydrogen-bond acceptors (Lipinski definition) is 2. The van der Waals surface area contributed by atoms with Crippen LogP contribution in [-0.2, 0) is 11.2 Å². The molecule has 1 heterocycles. The van der Waals surface area contributed by atoms with Gasteiger partial charge in [0, 0.05) is 19.2 Å². The van der Waals surface area contributed by atoms with Crippen molar-refractivity contribution in [3.63, 3.8) is 0 Å². The maximum absolute atomic E-state index is 5.57. The summed E-state index contributed by atoms with van der Waals surface area (Å²) in [5.41, 5.74) is 2.98. The number of fused-ring (bicyclic) bond motifs is 1. The van der Waals surface area contributed by atoms with Gasteiger partial charge < -0.3 is 4.74 Å². The Morgan fingerprint density at radius 1 is 1.32 bits per heavy atom. The highest BCUT2D eigenvalue weighted by atomic mass is 16.5. The number of ether oxygens (including phenoxy) is 1. The van der Waals surface area contributed by atoms with Crippen molar-refractivity contribution in [2.75, 3.05) is 26.3 Å². The highest BCUT2D eigenvalue weighted by molar-refractivity contribution is 5.34. The van der Waals surface area contributed by atoms with Crippen LogP contribution in [-0.4, -0.2) is 31.2 Å². The molecule has 0 N–H and O–H groups in total. The minimum absolute atomic E-state index is 0.507. The Morgan fingerprint density at radius 2 is 2.21 bits per heavy atom. The summed E-state index contributed by atoms with van der Waals surface area (Å²) in [5.74, 6) is 3.49. The van der Waals surface area contributed by atoms with Crippen molar-refractivity contribution in [2.24, 2.45) is 5.92 Å². The molecular weight excluding hydrogens is 234 g/mol. The van der Waals surface area contributed by atoms with E-state index in [1.807, 2.05) is 0 Å². The van der Waals surface area contributed by atoms with E-state index in [1.165, 1.54) is 30.4 Å². The smallest absolute Gasteiger partial charge is 0.0604 e. The summed E-state index contributed by atoms with van der Waals surface area (Å²) in [7, 11) is 0. The fourth-order valence-electron chi connectivity index (χ4n) is 3.39. The Balaban J connectivity index is 1.75. The molecule has 1 aromatic carbocycles. The largest absolute Gasteiger partial charge is 0.381 e. The summed E-state index contributed by atoms with van der Waals surface area (Å²) >= 11 is 0. The molecule has 2 atom stereocenters. The number of aryl methyl sites for hydroxylation is 1. The van der Waals surface area contributed by atoms with Gasteiger partial charge in [-0.25, -0.2) is 0 Å². The lowest BCUT2D eigenvalue weighted by Gasteiger charge is -2.29. The molecular formula is C17H21NO. The van der Waals surface area contributed by atoms with E-state index in [4.69, 9.17) is 11.2 Å². The summed E-state index contributed by atoms with van der Waals surface area (Å²) in [6.07, 6.45) is 9.13. The van der Waals surface area contributed by atoms with Crippen molar-refractivity contribution in [3.8, 4) is 12.3 Å². The lowest BCUT2D eigenvalue weighted by atomic mass is 10.0. The van der Waals surface area contributed by atoms with E-state index in [9.17, 15) is 0 Å². The van der Waals surface area contributed by atoms with Crippen LogP contribution in [0.2, 0.25) is 0 Å². The molecule has 0 bridgehead atoms. The van der Waals surface area contributed by atoms with Gasteiger partial charge in [-0.2, -0.15) is 0 Å². The zero-order valence-electron chi connectivity index (χ0n) is 11.3. The van der Waals surface area contributed by atoms with Gasteiger partial charge >= 0.3 is 0 Å². The van der Waals surface area contributed by atoms with Crippen molar-refractivity contribution < 1.29 is 4.74 Å². The van der Waals surface area contributed by atoms with E-state index < -0.39 is 0 Å². The van der Waals surface area contributed by atoms with Crippen LogP contribution in [0, 0.1) is 18.3 Å². The maximum atomic E-state index is 5.57. The van der Waals surface area contributed by atoms with Crippen LogP contribution < -0.4 is 0 Å². The third-order valence-corrected chi connectivity index (χ3v) is 4.35. The lowest BCUT2D eigenvalue weighted by molar-refractivity contribution is 0.153. The molecule has 1 aromatic rings. The average molecular weight is 255 g/mol. The quantitative estimate of drug-likeness (QED) is 0.767. The second kappa shape index (κ2) is 5.77. The molecule has 0 saturated carbocycles. The Morgan fingerprint density at radius 3 is 3.00 bits per heavy atom. The lowest BCUT2D eigenvalue weighted by Crippen LogP contribution is -2.33. The topological polar surface area (TPSA) is 12.5 Å². The van der Waals surface area contributed by atoms with Crippen molar-refractivity contribution in [3.05, 3.63) is 35.4 Å². The van der Waals surface area contributed by atoms with E-state index in [2.05, 4.69) is 35.1 Å². The van der Waals surface area contributed by atoms with Crippen LogP contribution in [0.25, 0.3) is 0 Å². The molecule has 1 fully saturated rings. The Kier molecular flexibility index (Phi) is 3.87. The highest BCUT2D eigenvalue weighted by Crippen LogP contribution is 2.36. The predicted molar refractivity (Wildman–Crippen MR) is 76.8 cm³/mol. The molecule has 1 saturated heterocycles. The SMILES string of the molecule is C#CCN(CC1CCOC1)C1CCc2ccccc21. The van der Waals surface area contributed by atoms with E-state index in [-0.39, 0.29) is 0 Å². The van der Waals surface area contributed by atoms with E-state index >= 15 is 0 Å². The monoisotopic (exact) mass is 255 g/mol. The van der Waals surface area contributed by atoms with Crippen LogP contribution >= 0.6 is 0 Å². The first-order valence-corrected chi connectivity index (χ1v) is 7.21. The molecule has 0 aromatic heterocycles. The van der Waals surface area contributed by atoms with Crippen molar-refractivity contribution >= 4 is 0 Å². The minimum atomic E-state index is 0.507. The number of benzene rings is 1. The van der Waals surface area contributed by atoms with Crippen molar-refractivity contribution in [1.29, 1.82) is 0 Å². The number of hydrogen-bond donors (Lipinski definition) is 0. The number of terminal acetylenes is 1. The van der Waals surface area contributed by atoms with Crippen LogP contribution in [0.4, 0.5) is 0 Å². The van der Waals surface area contributed by atoms with Crippen LogP contribution in [0.1, 0.15) is 30.0 Å². The van der Waals surface area contributed by atoms with Gasteiger partial charge in [-0.15, -0.1) is 6.42 Å². The molecule has 0 radical (unpaired) electrons. The summed E-state index contributed by atoms with van der Waals surface area (Å²) in [5, 5.41) is 0. The molecule has 0 amide bonds. The molecule has 2 aliphatic rings. The average Bonchev–Trinajstić information content (AvgIpc) is 3.07. The van der Waals surface area contributed by atoms with Crippen molar-refractivity contribution in [1.82, 2.24) is 4.90 Å². The van der Waals surface area contributed by atoms with Gasteiger partial charge in [0.25, 0.3) is 0 Å². The second-order valence-electron chi connectivity index (χ2n) is 5.62. The van der Waals surface area contributed by atoms with Gasteiger partial charge in [-0.1, -0.05) is 30.2 Å². The fourth-order valence-corrected chi connectivity index (χ4v) is 3.39. The van der Waals surface area contributed by atoms with Gasteiger partial charge in [0.15, 0.2) is 0 Å². The molecule has 1 aliphatic carbocycles. The molecule has 1 aliphatic heterocycles. The summed E-state index contributed by atoms with van der Waals surface area (Å²) < 4.78 is 5.49. The Hall–Kier alpha value is -1.30. The Labute approximate surface area is 115 Å². The van der Waals surface area contributed by atoms with Gasteiger partial charge in [-0.3, -0.25) is 4.90 Å². The van der Waals surface area contributed by atoms with Crippen LogP contribution in [0.15, 0.2) is 24.3 Å². The maximum Gasteiger partial charge on any atom is 0.0604 e. The third kappa shape index (κ3) is 2.68. The molecule has 0 spiro atoms. The number of nitrogens with zero attached hydrogens (tertiary/aromatic N) is 1. The minimum Gasteiger partial charge on any atom is -0.381 e. The molecule has 100 valence electrons. The van der Waals surface area contributed by atoms with E-state index in [0.717, 1.165) is 26.3 Å².